The van der Waals surface area contributed by atoms with Gasteiger partial charge in [0.25, 0.3) is 0 Å². The highest BCUT2D eigenvalue weighted by molar-refractivity contribution is 7.89. The maximum absolute atomic E-state index is 12.8. The number of rotatable bonds is 3. The molecule has 0 amide bonds. The van der Waals surface area contributed by atoms with Crippen molar-refractivity contribution in [2.75, 3.05) is 31.1 Å². The molecule has 1 aromatic carbocycles. The molecule has 1 aliphatic rings. The molecule has 1 aromatic heterocycles. The zero-order chi connectivity index (χ0) is 16.4. The second-order valence-electron chi connectivity index (χ2n) is 5.72. The van der Waals surface area contributed by atoms with Gasteiger partial charge in [0, 0.05) is 32.4 Å². The largest absolute Gasteiger partial charge is 0.352 e. The van der Waals surface area contributed by atoms with Crippen LogP contribution in [0.5, 0.6) is 0 Å². The molecule has 0 aliphatic carbocycles. The van der Waals surface area contributed by atoms with E-state index >= 15 is 0 Å². The number of piperazine rings is 1. The van der Waals surface area contributed by atoms with E-state index < -0.39 is 10.0 Å². The van der Waals surface area contributed by atoms with Crippen LogP contribution in [0, 0.1) is 13.8 Å². The average Bonchev–Trinajstić information content (AvgIpc) is 2.58. The zero-order valence-corrected chi connectivity index (χ0v) is 14.1. The Hall–Kier alpha value is -1.99. The van der Waals surface area contributed by atoms with Gasteiger partial charge in [0.05, 0.1) is 4.90 Å². The van der Waals surface area contributed by atoms with E-state index in [2.05, 4.69) is 15.1 Å². The molecule has 0 N–H and O–H groups in total. The number of nitrogens with zero attached hydrogens (tertiary/aromatic N) is 4. The van der Waals surface area contributed by atoms with E-state index in [1.165, 1.54) is 0 Å². The van der Waals surface area contributed by atoms with Crippen molar-refractivity contribution in [3.8, 4) is 0 Å². The van der Waals surface area contributed by atoms with Crippen molar-refractivity contribution in [1.29, 1.82) is 0 Å². The smallest absolute Gasteiger partial charge is 0.243 e. The van der Waals surface area contributed by atoms with Gasteiger partial charge in [-0.1, -0.05) is 6.07 Å². The van der Waals surface area contributed by atoms with Crippen molar-refractivity contribution >= 4 is 15.8 Å². The summed E-state index contributed by atoms with van der Waals surface area (Å²) >= 11 is 0. The first-order valence-corrected chi connectivity index (χ1v) is 9.02. The Balaban J connectivity index is 1.75. The van der Waals surface area contributed by atoms with Crippen LogP contribution in [0.2, 0.25) is 0 Å². The summed E-state index contributed by atoms with van der Waals surface area (Å²) < 4.78 is 27.1. The summed E-state index contributed by atoms with van der Waals surface area (Å²) in [6.45, 7) is 6.04. The van der Waals surface area contributed by atoms with Crippen molar-refractivity contribution in [1.82, 2.24) is 14.5 Å². The highest BCUT2D eigenvalue weighted by atomic mass is 32.2. The molecule has 0 spiro atoms. The fourth-order valence-corrected chi connectivity index (χ4v) is 4.15. The lowest BCUT2D eigenvalue weighted by atomic mass is 10.1. The Labute approximate surface area is 136 Å². The van der Waals surface area contributed by atoms with Gasteiger partial charge in [-0.05, 0) is 49.2 Å². The summed E-state index contributed by atoms with van der Waals surface area (Å²) in [6, 6.07) is 9.02. The van der Waals surface area contributed by atoms with Gasteiger partial charge in [0.2, 0.25) is 10.0 Å². The lowest BCUT2D eigenvalue weighted by Gasteiger charge is -2.34. The van der Waals surface area contributed by atoms with E-state index in [1.807, 2.05) is 32.0 Å². The molecule has 3 rings (SSSR count). The molecule has 1 fully saturated rings. The fourth-order valence-electron chi connectivity index (χ4n) is 2.64. The molecule has 1 saturated heterocycles. The Morgan fingerprint density at radius 2 is 1.74 bits per heavy atom. The molecule has 0 radical (unpaired) electrons. The van der Waals surface area contributed by atoms with Gasteiger partial charge in [0.1, 0.15) is 0 Å². The number of aromatic nitrogens is 2. The predicted molar refractivity (Wildman–Crippen MR) is 88.9 cm³/mol. The molecule has 0 atom stereocenters. The van der Waals surface area contributed by atoms with Crippen LogP contribution in [0.1, 0.15) is 11.1 Å². The van der Waals surface area contributed by atoms with Crippen molar-refractivity contribution < 1.29 is 8.42 Å². The van der Waals surface area contributed by atoms with Gasteiger partial charge in [-0.2, -0.15) is 9.40 Å². The lowest BCUT2D eigenvalue weighted by Crippen LogP contribution is -2.49. The molecule has 23 heavy (non-hydrogen) atoms. The van der Waals surface area contributed by atoms with Crippen LogP contribution < -0.4 is 4.90 Å². The fraction of sp³-hybridized carbons (Fsp3) is 0.375. The number of hydrogen-bond acceptors (Lipinski definition) is 5. The van der Waals surface area contributed by atoms with Crippen LogP contribution in [0.3, 0.4) is 0 Å². The quantitative estimate of drug-likeness (QED) is 0.854. The average molecular weight is 332 g/mol. The molecule has 6 nitrogen and oxygen atoms in total. The Morgan fingerprint density at radius 1 is 1.00 bits per heavy atom. The third-order valence-corrected chi connectivity index (χ3v) is 6.13. The third kappa shape index (κ3) is 3.20. The lowest BCUT2D eigenvalue weighted by molar-refractivity contribution is 0.383. The highest BCUT2D eigenvalue weighted by Crippen LogP contribution is 2.21. The molecule has 1 aliphatic heterocycles. The molecule has 7 heteroatoms. The number of aryl methyl sites for hydroxylation is 2. The van der Waals surface area contributed by atoms with E-state index in [-0.39, 0.29) is 0 Å². The number of hydrogen-bond donors (Lipinski definition) is 0. The zero-order valence-electron chi connectivity index (χ0n) is 13.3. The minimum atomic E-state index is -3.44. The molecule has 122 valence electrons. The normalized spacial score (nSPS) is 16.5. The summed E-state index contributed by atoms with van der Waals surface area (Å²) in [4.78, 5) is 2.42. The minimum Gasteiger partial charge on any atom is -0.352 e. The van der Waals surface area contributed by atoms with Crippen molar-refractivity contribution in [2.45, 2.75) is 18.7 Å². The van der Waals surface area contributed by atoms with Crippen molar-refractivity contribution in [2.24, 2.45) is 0 Å². The van der Waals surface area contributed by atoms with Gasteiger partial charge >= 0.3 is 0 Å². The SMILES string of the molecule is Cc1ccc(S(=O)(=O)N2CCN(c3cccnn3)CC2)cc1C. The van der Waals surface area contributed by atoms with E-state index in [0.717, 1.165) is 16.9 Å². The third-order valence-electron chi connectivity index (χ3n) is 4.24. The van der Waals surface area contributed by atoms with Crippen LogP contribution in [-0.2, 0) is 10.0 Å². The van der Waals surface area contributed by atoms with Gasteiger partial charge in [0.15, 0.2) is 5.82 Å². The van der Waals surface area contributed by atoms with Gasteiger partial charge in [-0.15, -0.1) is 5.10 Å². The van der Waals surface area contributed by atoms with Crippen LogP contribution in [0.25, 0.3) is 0 Å². The molecule has 0 unspecified atom stereocenters. The second kappa shape index (κ2) is 6.25. The maximum Gasteiger partial charge on any atom is 0.243 e. The van der Waals surface area contributed by atoms with Crippen molar-refractivity contribution in [3.05, 3.63) is 47.7 Å². The van der Waals surface area contributed by atoms with E-state index in [4.69, 9.17) is 0 Å². The van der Waals surface area contributed by atoms with E-state index in [9.17, 15) is 8.42 Å². The van der Waals surface area contributed by atoms with Crippen LogP contribution in [0.4, 0.5) is 5.82 Å². The van der Waals surface area contributed by atoms with E-state index in [0.29, 0.717) is 31.1 Å². The summed E-state index contributed by atoms with van der Waals surface area (Å²) in [7, 11) is -3.44. The summed E-state index contributed by atoms with van der Waals surface area (Å²) in [5, 5.41) is 7.95. The topological polar surface area (TPSA) is 66.4 Å². The van der Waals surface area contributed by atoms with Crippen LogP contribution in [-0.4, -0.2) is 49.1 Å². The number of sulfonamides is 1. The summed E-state index contributed by atoms with van der Waals surface area (Å²) in [5.74, 6) is 0.788. The molecular weight excluding hydrogens is 312 g/mol. The Bertz CT molecular complexity index is 785. The van der Waals surface area contributed by atoms with Crippen LogP contribution in [0.15, 0.2) is 41.4 Å². The molecule has 0 bridgehead atoms. The first-order chi connectivity index (χ1) is 11.0. The molecular formula is C16H20N4O2S. The highest BCUT2D eigenvalue weighted by Gasteiger charge is 2.29. The van der Waals surface area contributed by atoms with E-state index in [1.54, 1.807) is 22.6 Å². The monoisotopic (exact) mass is 332 g/mol. The minimum absolute atomic E-state index is 0.369. The number of anilines is 1. The molecule has 2 heterocycles. The molecule has 2 aromatic rings. The van der Waals surface area contributed by atoms with Crippen molar-refractivity contribution in [3.63, 3.8) is 0 Å². The first-order valence-electron chi connectivity index (χ1n) is 7.58. The predicted octanol–water partition coefficient (Wildman–Crippen LogP) is 1.60. The van der Waals surface area contributed by atoms with Gasteiger partial charge in [-0.25, -0.2) is 8.42 Å². The Morgan fingerprint density at radius 3 is 2.35 bits per heavy atom. The number of benzene rings is 1. The summed E-state index contributed by atoms with van der Waals surface area (Å²) in [6.07, 6.45) is 1.63. The standard InChI is InChI=1S/C16H20N4O2S/c1-13-5-6-15(12-14(13)2)23(21,22)20-10-8-19(9-11-20)16-4-3-7-17-18-16/h3-7,12H,8-11H2,1-2H3. The first kappa shape index (κ1) is 15.9. The second-order valence-corrected chi connectivity index (χ2v) is 7.66. The van der Waals surface area contributed by atoms with Gasteiger partial charge in [-0.3, -0.25) is 0 Å². The summed E-state index contributed by atoms with van der Waals surface area (Å²) in [5.41, 5.74) is 2.08. The molecule has 0 saturated carbocycles. The van der Waals surface area contributed by atoms with Gasteiger partial charge < -0.3 is 4.90 Å². The van der Waals surface area contributed by atoms with Crippen LogP contribution >= 0.6 is 0 Å². The maximum atomic E-state index is 12.8. The Kier molecular flexibility index (Phi) is 4.32.